The molecular formula is C23H26BrNO5S2. The van der Waals surface area contributed by atoms with Crippen molar-refractivity contribution in [3.8, 4) is 11.1 Å². The first-order chi connectivity index (χ1) is 15.0. The smallest absolute Gasteiger partial charge is 0.282 e. The highest BCUT2D eigenvalue weighted by Gasteiger charge is 2.23. The molecule has 0 unspecified atom stereocenters. The molecule has 0 spiro atoms. The maximum absolute atomic E-state index is 12.4. The second-order valence-corrected chi connectivity index (χ2v) is 12.0. The molecule has 1 aromatic carbocycles. The van der Waals surface area contributed by atoms with Gasteiger partial charge in [-0.1, -0.05) is 54.0 Å². The summed E-state index contributed by atoms with van der Waals surface area (Å²) in [5.74, 6) is 0.280. The minimum atomic E-state index is -4.36. The van der Waals surface area contributed by atoms with E-state index in [2.05, 4.69) is 34.5 Å². The molecule has 0 heterocycles. The van der Waals surface area contributed by atoms with Crippen molar-refractivity contribution in [2.24, 2.45) is 0 Å². The van der Waals surface area contributed by atoms with Crippen LogP contribution in [0.5, 0.6) is 0 Å². The van der Waals surface area contributed by atoms with Crippen LogP contribution in [0.25, 0.3) is 11.1 Å². The number of aryl methyl sites for hydroxylation is 1. The Balaban J connectivity index is 1.70. The maximum atomic E-state index is 12.4. The predicted molar refractivity (Wildman–Crippen MR) is 129 cm³/mol. The van der Waals surface area contributed by atoms with Crippen LogP contribution in [0.15, 0.2) is 68.9 Å². The first kappa shape index (κ1) is 24.9. The van der Waals surface area contributed by atoms with Gasteiger partial charge in [0.15, 0.2) is 0 Å². The number of sulfonamides is 1. The van der Waals surface area contributed by atoms with Gasteiger partial charge in [-0.05, 0) is 72.2 Å². The summed E-state index contributed by atoms with van der Waals surface area (Å²) in [5.41, 5.74) is 3.15. The quantitative estimate of drug-likeness (QED) is 0.286. The summed E-state index contributed by atoms with van der Waals surface area (Å²) in [7, 11) is -7.93. The summed E-state index contributed by atoms with van der Waals surface area (Å²) in [4.78, 5) is 0.110. The Morgan fingerprint density at radius 3 is 2.12 bits per heavy atom. The minimum Gasteiger partial charge on any atom is -0.282 e. The number of hydrogen-bond acceptors (Lipinski definition) is 4. The van der Waals surface area contributed by atoms with Crippen LogP contribution in [0.1, 0.15) is 43.7 Å². The maximum Gasteiger partial charge on any atom is 0.295 e. The van der Waals surface area contributed by atoms with Crippen LogP contribution < -0.4 is 4.72 Å². The van der Waals surface area contributed by atoms with Crippen LogP contribution in [0.3, 0.4) is 0 Å². The zero-order valence-corrected chi connectivity index (χ0v) is 21.1. The molecule has 0 atom stereocenters. The van der Waals surface area contributed by atoms with Gasteiger partial charge in [0.2, 0.25) is 10.0 Å². The number of unbranched alkanes of at least 4 members (excludes halogenated alkanes) is 1. The second kappa shape index (κ2) is 10.0. The van der Waals surface area contributed by atoms with Gasteiger partial charge in [-0.3, -0.25) is 4.55 Å². The molecule has 0 bridgehead atoms. The van der Waals surface area contributed by atoms with Crippen molar-refractivity contribution >= 4 is 36.1 Å². The van der Waals surface area contributed by atoms with Crippen molar-refractivity contribution in [1.29, 1.82) is 0 Å². The zero-order valence-electron chi connectivity index (χ0n) is 17.9. The molecule has 6 nitrogen and oxygen atoms in total. The Kier molecular flexibility index (Phi) is 7.77. The molecule has 1 aromatic rings. The van der Waals surface area contributed by atoms with Gasteiger partial charge in [-0.25, -0.2) is 13.1 Å². The molecule has 2 aliphatic rings. The molecule has 0 radical (unpaired) electrons. The fourth-order valence-corrected chi connectivity index (χ4v) is 5.64. The van der Waals surface area contributed by atoms with E-state index in [1.165, 1.54) is 18.2 Å². The van der Waals surface area contributed by atoms with E-state index in [1.807, 2.05) is 18.2 Å². The van der Waals surface area contributed by atoms with Gasteiger partial charge in [-0.15, -0.1) is 0 Å². The summed E-state index contributed by atoms with van der Waals surface area (Å²) in [5, 5.41) is 0. The molecule has 2 aliphatic carbocycles. The van der Waals surface area contributed by atoms with Gasteiger partial charge in [0.25, 0.3) is 10.1 Å². The lowest BCUT2D eigenvalue weighted by molar-refractivity contribution is 0.483. The van der Waals surface area contributed by atoms with E-state index >= 15 is 0 Å². The molecule has 3 rings (SSSR count). The van der Waals surface area contributed by atoms with Crippen molar-refractivity contribution in [2.45, 2.75) is 48.8 Å². The Morgan fingerprint density at radius 1 is 0.906 bits per heavy atom. The SMILES string of the molecule is CC(C)c1ccc2c(CCCCNS(=O)(=O)c3ccc(Br)cc3)cc(S(=O)(=O)O)c-2cc1. The lowest BCUT2D eigenvalue weighted by atomic mass is 10.0. The topological polar surface area (TPSA) is 101 Å². The summed E-state index contributed by atoms with van der Waals surface area (Å²) < 4.78 is 61.6. The van der Waals surface area contributed by atoms with Crippen LogP contribution in [0, 0.1) is 0 Å². The first-order valence-corrected chi connectivity index (χ1v) is 14.0. The summed E-state index contributed by atoms with van der Waals surface area (Å²) in [6.45, 7) is 4.38. The largest absolute Gasteiger partial charge is 0.295 e. The lowest BCUT2D eigenvalue weighted by Gasteiger charge is -2.07. The number of halogens is 1. The third kappa shape index (κ3) is 5.96. The molecule has 0 amide bonds. The molecule has 172 valence electrons. The van der Waals surface area contributed by atoms with Gasteiger partial charge < -0.3 is 0 Å². The van der Waals surface area contributed by atoms with Crippen molar-refractivity contribution in [3.05, 3.63) is 70.2 Å². The van der Waals surface area contributed by atoms with E-state index in [1.54, 1.807) is 18.2 Å². The van der Waals surface area contributed by atoms with Gasteiger partial charge in [0.05, 0.1) is 4.90 Å². The molecule has 0 saturated heterocycles. The Bertz CT molecular complexity index is 1270. The molecule has 2 N–H and O–H groups in total. The number of benzene rings is 1. The van der Waals surface area contributed by atoms with Gasteiger partial charge in [-0.2, -0.15) is 8.42 Å². The van der Waals surface area contributed by atoms with E-state index in [0.717, 1.165) is 21.2 Å². The van der Waals surface area contributed by atoms with Crippen molar-refractivity contribution in [3.63, 3.8) is 0 Å². The fourth-order valence-electron chi connectivity index (χ4n) is 3.55. The average Bonchev–Trinajstić information content (AvgIpc) is 2.91. The number of rotatable bonds is 9. The van der Waals surface area contributed by atoms with E-state index in [0.29, 0.717) is 24.8 Å². The van der Waals surface area contributed by atoms with Crippen molar-refractivity contribution in [2.75, 3.05) is 6.54 Å². The second-order valence-electron chi connectivity index (χ2n) is 7.97. The average molecular weight is 541 g/mol. The zero-order chi connectivity index (χ0) is 23.5. The number of fused-ring (bicyclic) bond motifs is 1. The van der Waals surface area contributed by atoms with E-state index in [-0.39, 0.29) is 22.3 Å². The van der Waals surface area contributed by atoms with Crippen LogP contribution in [0.2, 0.25) is 0 Å². The highest BCUT2D eigenvalue weighted by atomic mass is 79.9. The van der Waals surface area contributed by atoms with Crippen LogP contribution in [0.4, 0.5) is 0 Å². The predicted octanol–water partition coefficient (Wildman–Crippen LogP) is 5.23. The molecule has 0 saturated carbocycles. The minimum absolute atomic E-state index is 0.0932. The molecule has 9 heteroatoms. The van der Waals surface area contributed by atoms with Crippen LogP contribution in [-0.2, 0) is 26.6 Å². The Morgan fingerprint density at radius 2 is 1.53 bits per heavy atom. The van der Waals surface area contributed by atoms with Crippen LogP contribution >= 0.6 is 15.9 Å². The molecule has 0 aliphatic heterocycles. The third-order valence-corrected chi connectivity index (χ3v) is 8.22. The standard InChI is InChI=1S/C23H26BrNO5S2/c1-16(2)17-6-12-21-18(15-23(32(28,29)30)22(21)13-7-17)5-3-4-14-25-31(26,27)20-10-8-19(24)9-11-20/h6-13,15-16,25H,3-5,14H2,1-2H3,(H,28,29,30). The molecule has 32 heavy (non-hydrogen) atoms. The number of hydrogen-bond donors (Lipinski definition) is 2. The van der Waals surface area contributed by atoms with E-state index < -0.39 is 20.1 Å². The first-order valence-electron chi connectivity index (χ1n) is 10.3. The lowest BCUT2D eigenvalue weighted by Crippen LogP contribution is -2.24. The highest BCUT2D eigenvalue weighted by Crippen LogP contribution is 2.36. The third-order valence-electron chi connectivity index (χ3n) is 5.33. The van der Waals surface area contributed by atoms with Gasteiger partial charge in [0.1, 0.15) is 4.90 Å². The van der Waals surface area contributed by atoms with Crippen molar-refractivity contribution in [1.82, 2.24) is 4.72 Å². The Labute approximate surface area is 198 Å². The number of nitrogens with one attached hydrogen (secondary N) is 1. The van der Waals surface area contributed by atoms with E-state index in [4.69, 9.17) is 0 Å². The van der Waals surface area contributed by atoms with Gasteiger partial charge >= 0.3 is 0 Å². The highest BCUT2D eigenvalue weighted by molar-refractivity contribution is 9.10. The summed E-state index contributed by atoms with van der Waals surface area (Å²) in [6, 6.07) is 15.4. The fraction of sp³-hybridized carbons (Fsp3) is 0.304. The van der Waals surface area contributed by atoms with Crippen molar-refractivity contribution < 1.29 is 21.4 Å². The molecular weight excluding hydrogens is 514 g/mol. The van der Waals surface area contributed by atoms with Gasteiger partial charge in [0, 0.05) is 16.6 Å². The molecule has 0 fully saturated rings. The monoisotopic (exact) mass is 539 g/mol. The Hall–Kier alpha value is -1.78. The van der Waals surface area contributed by atoms with E-state index in [9.17, 15) is 21.4 Å². The van der Waals surface area contributed by atoms with Crippen LogP contribution in [-0.4, -0.2) is 27.9 Å². The summed E-state index contributed by atoms with van der Waals surface area (Å²) in [6.07, 6.45) is 1.80. The normalized spacial score (nSPS) is 12.5. The molecule has 0 aromatic heterocycles. The summed E-state index contributed by atoms with van der Waals surface area (Å²) >= 11 is 3.28.